The molecule has 0 radical (unpaired) electrons. The van der Waals surface area contributed by atoms with Crippen LogP contribution in [0.4, 0.5) is 0 Å². The Morgan fingerprint density at radius 3 is 2.23 bits per heavy atom. The van der Waals surface area contributed by atoms with Crippen LogP contribution < -0.4 is 5.63 Å². The molecule has 0 bridgehead atoms. The highest BCUT2D eigenvalue weighted by Crippen LogP contribution is 2.41. The highest BCUT2D eigenvalue weighted by molar-refractivity contribution is 6.02. The molecule has 4 heteroatoms. The Morgan fingerprint density at radius 1 is 0.829 bits per heavy atom. The number of fused-ring (bicyclic) bond motifs is 1. The molecule has 0 aliphatic heterocycles. The Morgan fingerprint density at radius 2 is 1.51 bits per heavy atom. The number of H-pyrrole nitrogens is 1. The van der Waals surface area contributed by atoms with Crippen LogP contribution in [0.25, 0.3) is 44.6 Å². The number of nitrogens with zero attached hydrogens (tertiary/aromatic N) is 1. The van der Waals surface area contributed by atoms with E-state index in [1.165, 1.54) is 19.3 Å². The third-order valence-corrected chi connectivity index (χ3v) is 7.14. The number of aryl methyl sites for hydroxylation is 1. The number of nitrogens with one attached hydrogen (secondary N) is 1. The number of benzene rings is 3. The Labute approximate surface area is 204 Å². The van der Waals surface area contributed by atoms with Crippen LogP contribution in [0.1, 0.15) is 49.4 Å². The molecule has 1 saturated carbocycles. The fourth-order valence-electron chi connectivity index (χ4n) is 5.39. The van der Waals surface area contributed by atoms with Crippen LogP contribution in [0.15, 0.2) is 88.1 Å². The van der Waals surface area contributed by atoms with Gasteiger partial charge in [-0.15, -0.1) is 0 Å². The molecule has 174 valence electrons. The molecule has 2 heterocycles. The van der Waals surface area contributed by atoms with Crippen LogP contribution in [-0.4, -0.2) is 9.97 Å². The number of hydrogen-bond acceptors (Lipinski definition) is 3. The van der Waals surface area contributed by atoms with E-state index >= 15 is 0 Å². The van der Waals surface area contributed by atoms with Gasteiger partial charge in [0, 0.05) is 22.4 Å². The molecule has 5 aromatic rings. The molecule has 4 nitrogen and oxygen atoms in total. The predicted molar refractivity (Wildman–Crippen MR) is 142 cm³/mol. The third-order valence-electron chi connectivity index (χ3n) is 7.14. The normalized spacial score (nSPS) is 14.4. The molecule has 0 amide bonds. The van der Waals surface area contributed by atoms with Gasteiger partial charge < -0.3 is 9.40 Å². The first-order chi connectivity index (χ1) is 17.2. The largest absolute Gasteiger partial charge is 0.422 e. The summed E-state index contributed by atoms with van der Waals surface area (Å²) in [6, 6.07) is 26.3. The Bertz CT molecular complexity index is 1540. The van der Waals surface area contributed by atoms with Crippen molar-refractivity contribution in [2.45, 2.75) is 44.9 Å². The monoisotopic (exact) mass is 460 g/mol. The maximum Gasteiger partial charge on any atom is 0.346 e. The minimum absolute atomic E-state index is 0.349. The van der Waals surface area contributed by atoms with Crippen molar-refractivity contribution >= 4 is 11.0 Å². The average Bonchev–Trinajstić information content (AvgIpc) is 3.34. The molecule has 35 heavy (non-hydrogen) atoms. The molecule has 1 aliphatic carbocycles. The van der Waals surface area contributed by atoms with Crippen LogP contribution in [0.3, 0.4) is 0 Å². The van der Waals surface area contributed by atoms with Crippen molar-refractivity contribution in [1.29, 1.82) is 0 Å². The van der Waals surface area contributed by atoms with Gasteiger partial charge in [0.15, 0.2) is 0 Å². The fourth-order valence-corrected chi connectivity index (χ4v) is 5.39. The highest BCUT2D eigenvalue weighted by Gasteiger charge is 2.27. The van der Waals surface area contributed by atoms with Gasteiger partial charge >= 0.3 is 5.63 Å². The van der Waals surface area contributed by atoms with Gasteiger partial charge in [0.25, 0.3) is 0 Å². The standard InChI is InChI=1S/C31H28N2O2/c1-20-17-18-24-25(19-20)35-31(34)27(26(24)21-11-5-2-6-12-21)29-28(22-13-7-3-8-14-22)32-30(33-29)23-15-9-4-10-16-23/h2-3,5-8,11-14,17-19,23H,4,9-10,15-16H2,1H3,(H,32,33). The van der Waals surface area contributed by atoms with E-state index in [1.807, 2.05) is 49.4 Å². The number of hydrogen-bond donors (Lipinski definition) is 1. The van der Waals surface area contributed by atoms with Gasteiger partial charge in [-0.05, 0) is 37.0 Å². The Balaban J connectivity index is 1.67. The van der Waals surface area contributed by atoms with E-state index in [0.717, 1.165) is 57.7 Å². The van der Waals surface area contributed by atoms with Gasteiger partial charge in [0.1, 0.15) is 11.4 Å². The third kappa shape index (κ3) is 3.99. The van der Waals surface area contributed by atoms with Gasteiger partial charge in [-0.1, -0.05) is 92.1 Å². The van der Waals surface area contributed by atoms with Crippen molar-refractivity contribution in [2.24, 2.45) is 0 Å². The molecule has 1 N–H and O–H groups in total. The maximum atomic E-state index is 13.7. The van der Waals surface area contributed by atoms with Crippen LogP contribution in [0.2, 0.25) is 0 Å². The summed E-state index contributed by atoms with van der Waals surface area (Å²) in [6.45, 7) is 2.01. The van der Waals surface area contributed by atoms with E-state index in [-0.39, 0.29) is 5.63 Å². The van der Waals surface area contributed by atoms with Gasteiger partial charge in [-0.3, -0.25) is 0 Å². The zero-order valence-electron chi connectivity index (χ0n) is 19.9. The van der Waals surface area contributed by atoms with E-state index in [0.29, 0.717) is 17.1 Å². The lowest BCUT2D eigenvalue weighted by Crippen LogP contribution is -2.08. The first-order valence-electron chi connectivity index (χ1n) is 12.5. The highest BCUT2D eigenvalue weighted by atomic mass is 16.4. The zero-order valence-corrected chi connectivity index (χ0v) is 19.9. The topological polar surface area (TPSA) is 58.9 Å². The predicted octanol–water partition coefficient (Wildman–Crippen LogP) is 7.87. The van der Waals surface area contributed by atoms with Crippen molar-refractivity contribution in [3.05, 3.63) is 101 Å². The smallest absolute Gasteiger partial charge is 0.346 e. The summed E-state index contributed by atoms with van der Waals surface area (Å²) in [4.78, 5) is 22.4. The van der Waals surface area contributed by atoms with E-state index in [9.17, 15) is 4.79 Å². The molecule has 2 aromatic heterocycles. The molecule has 6 rings (SSSR count). The number of aromatic amines is 1. The zero-order chi connectivity index (χ0) is 23.8. The molecular weight excluding hydrogens is 432 g/mol. The Kier molecular flexibility index (Phi) is 5.57. The summed E-state index contributed by atoms with van der Waals surface area (Å²) in [5.41, 5.74) is 6.26. The van der Waals surface area contributed by atoms with Gasteiger partial charge in [0.05, 0.1) is 17.0 Å². The van der Waals surface area contributed by atoms with E-state index < -0.39 is 0 Å². The van der Waals surface area contributed by atoms with E-state index in [1.54, 1.807) is 0 Å². The van der Waals surface area contributed by atoms with Crippen molar-refractivity contribution in [1.82, 2.24) is 9.97 Å². The molecule has 1 fully saturated rings. The van der Waals surface area contributed by atoms with E-state index in [4.69, 9.17) is 9.40 Å². The minimum Gasteiger partial charge on any atom is -0.422 e. The van der Waals surface area contributed by atoms with Crippen molar-refractivity contribution in [3.8, 4) is 33.6 Å². The molecule has 0 saturated heterocycles. The lowest BCUT2D eigenvalue weighted by atomic mass is 9.89. The molecule has 1 aliphatic rings. The fraction of sp³-hybridized carbons (Fsp3) is 0.226. The van der Waals surface area contributed by atoms with Crippen LogP contribution in [-0.2, 0) is 0 Å². The molecule has 3 aromatic carbocycles. The van der Waals surface area contributed by atoms with Crippen LogP contribution in [0.5, 0.6) is 0 Å². The van der Waals surface area contributed by atoms with Crippen molar-refractivity contribution in [2.75, 3.05) is 0 Å². The van der Waals surface area contributed by atoms with Gasteiger partial charge in [-0.2, -0.15) is 0 Å². The summed E-state index contributed by atoms with van der Waals surface area (Å²) < 4.78 is 5.93. The molecule has 0 atom stereocenters. The molecular formula is C31H28N2O2. The van der Waals surface area contributed by atoms with Crippen molar-refractivity contribution < 1.29 is 4.42 Å². The summed E-state index contributed by atoms with van der Waals surface area (Å²) in [7, 11) is 0. The summed E-state index contributed by atoms with van der Waals surface area (Å²) in [5, 5.41) is 0.921. The van der Waals surface area contributed by atoms with Gasteiger partial charge in [-0.25, -0.2) is 9.78 Å². The first kappa shape index (κ1) is 21.6. The average molecular weight is 461 g/mol. The second-order valence-corrected chi connectivity index (χ2v) is 9.55. The van der Waals surface area contributed by atoms with E-state index in [2.05, 4.69) is 41.4 Å². The quantitative estimate of drug-likeness (QED) is 0.278. The lowest BCUT2D eigenvalue weighted by Gasteiger charge is -2.19. The molecule has 0 unspecified atom stereocenters. The summed E-state index contributed by atoms with van der Waals surface area (Å²) >= 11 is 0. The second-order valence-electron chi connectivity index (χ2n) is 9.55. The lowest BCUT2D eigenvalue weighted by molar-refractivity contribution is 0.431. The van der Waals surface area contributed by atoms with Crippen LogP contribution >= 0.6 is 0 Å². The summed E-state index contributed by atoms with van der Waals surface area (Å²) in [5.74, 6) is 1.36. The minimum atomic E-state index is -0.349. The first-order valence-corrected chi connectivity index (χ1v) is 12.5. The summed E-state index contributed by atoms with van der Waals surface area (Å²) in [6.07, 6.45) is 5.96. The number of rotatable bonds is 4. The number of imidazole rings is 1. The van der Waals surface area contributed by atoms with Crippen molar-refractivity contribution in [3.63, 3.8) is 0 Å². The van der Waals surface area contributed by atoms with Gasteiger partial charge in [0.2, 0.25) is 0 Å². The molecule has 0 spiro atoms. The number of aromatic nitrogens is 2. The second kappa shape index (κ2) is 9.03. The SMILES string of the molecule is Cc1ccc2c(-c3ccccc3)c(-c3[nH]c(C4CCCCC4)nc3-c3ccccc3)c(=O)oc2c1. The maximum absolute atomic E-state index is 13.7. The Hall–Kier alpha value is -3.92. The van der Waals surface area contributed by atoms with Crippen LogP contribution in [0, 0.1) is 6.92 Å².